The van der Waals surface area contributed by atoms with E-state index in [0.717, 1.165) is 41.7 Å². The van der Waals surface area contributed by atoms with Gasteiger partial charge in [-0.15, -0.1) is 0 Å². The first-order valence-corrected chi connectivity index (χ1v) is 7.73. The first kappa shape index (κ1) is 16.8. The van der Waals surface area contributed by atoms with E-state index in [2.05, 4.69) is 26.8 Å². The highest BCUT2D eigenvalue weighted by Gasteiger charge is 2.04. The zero-order valence-electron chi connectivity index (χ0n) is 13.4. The molecule has 0 saturated carbocycles. The van der Waals surface area contributed by atoms with Gasteiger partial charge in [-0.3, -0.25) is 0 Å². The van der Waals surface area contributed by atoms with Crippen LogP contribution in [0.1, 0.15) is 58.9 Å². The molecule has 0 saturated heterocycles. The van der Waals surface area contributed by atoms with Crippen molar-refractivity contribution < 1.29 is 4.74 Å². The van der Waals surface area contributed by atoms with Crippen molar-refractivity contribution in [2.24, 2.45) is 11.8 Å². The first-order valence-electron chi connectivity index (χ1n) is 7.73. The lowest BCUT2D eigenvalue weighted by molar-refractivity contribution is 0.275. The lowest BCUT2D eigenvalue weighted by Crippen LogP contribution is -2.05. The van der Waals surface area contributed by atoms with E-state index in [0.29, 0.717) is 0 Å². The van der Waals surface area contributed by atoms with Gasteiger partial charge >= 0.3 is 0 Å². The second-order valence-electron chi connectivity index (χ2n) is 6.19. The Morgan fingerprint density at radius 1 is 1.25 bits per heavy atom. The Bertz CT molecular complexity index is 406. The molecule has 0 N–H and O–H groups in total. The van der Waals surface area contributed by atoms with Crippen molar-refractivity contribution in [1.82, 2.24) is 0 Å². The molecule has 2 radical (unpaired) electrons. The van der Waals surface area contributed by atoms with Gasteiger partial charge in [0.1, 0.15) is 5.75 Å². The van der Waals surface area contributed by atoms with Gasteiger partial charge in [-0.05, 0) is 48.4 Å². The van der Waals surface area contributed by atoms with E-state index in [-0.39, 0.29) is 0 Å². The third-order valence-electron chi connectivity index (χ3n) is 3.58. The molecule has 0 aliphatic heterocycles. The van der Waals surface area contributed by atoms with Gasteiger partial charge in [-0.1, -0.05) is 52.7 Å². The average molecular weight is 272 g/mol. The van der Waals surface area contributed by atoms with Crippen LogP contribution in [0.2, 0.25) is 0 Å². The van der Waals surface area contributed by atoms with Gasteiger partial charge in [0.05, 0.1) is 6.61 Å². The van der Waals surface area contributed by atoms with Crippen LogP contribution in [0.4, 0.5) is 0 Å². The van der Waals surface area contributed by atoms with Gasteiger partial charge in [-0.25, -0.2) is 0 Å². The third-order valence-corrected chi connectivity index (χ3v) is 3.58. The van der Waals surface area contributed by atoms with Crippen LogP contribution in [0.15, 0.2) is 18.2 Å². The molecule has 1 unspecified atom stereocenters. The van der Waals surface area contributed by atoms with Gasteiger partial charge in [0.15, 0.2) is 0 Å². The van der Waals surface area contributed by atoms with Crippen LogP contribution >= 0.6 is 0 Å². The van der Waals surface area contributed by atoms with E-state index in [1.54, 1.807) is 0 Å². The zero-order valence-corrected chi connectivity index (χ0v) is 13.4. The van der Waals surface area contributed by atoms with E-state index in [1.807, 2.05) is 25.1 Å². The number of benzene rings is 1. The summed E-state index contributed by atoms with van der Waals surface area (Å²) >= 11 is 0. The van der Waals surface area contributed by atoms with Crippen molar-refractivity contribution >= 4 is 5.57 Å². The van der Waals surface area contributed by atoms with Crippen molar-refractivity contribution in [2.45, 2.75) is 53.4 Å². The summed E-state index contributed by atoms with van der Waals surface area (Å²) in [5, 5.41) is 0. The summed E-state index contributed by atoms with van der Waals surface area (Å²) in [6, 6.07) is 8.88. The molecule has 20 heavy (non-hydrogen) atoms. The Labute approximate surface area is 125 Å². The van der Waals surface area contributed by atoms with Gasteiger partial charge in [0.25, 0.3) is 0 Å². The number of hydrogen-bond donors (Lipinski definition) is 0. The molecule has 1 aromatic rings. The zero-order chi connectivity index (χ0) is 15.0. The van der Waals surface area contributed by atoms with E-state index < -0.39 is 0 Å². The largest absolute Gasteiger partial charge is 0.493 e. The SMILES string of the molecule is [CH]=C(C)c1cc[c]c(OCCC(C)CCCC(C)C)c1. The molecule has 1 heteroatoms. The highest BCUT2D eigenvalue weighted by atomic mass is 16.5. The summed E-state index contributed by atoms with van der Waals surface area (Å²) in [4.78, 5) is 0. The second kappa shape index (κ2) is 8.84. The standard InChI is InChI=1S/C19H28O/c1-15(2)8-6-9-17(5)12-13-20-19-11-7-10-18(14-19)16(3)4/h3,7,10,14-15,17H,6,8-9,12-13H2,1-2,4-5H3. The van der Waals surface area contributed by atoms with Crippen molar-refractivity contribution in [1.29, 1.82) is 0 Å². The smallest absolute Gasteiger partial charge is 0.127 e. The summed E-state index contributed by atoms with van der Waals surface area (Å²) < 4.78 is 5.77. The minimum absolute atomic E-state index is 0.722. The molecule has 0 bridgehead atoms. The molecule has 1 aromatic carbocycles. The molecule has 0 aliphatic carbocycles. The van der Waals surface area contributed by atoms with Crippen LogP contribution in [-0.4, -0.2) is 6.61 Å². The topological polar surface area (TPSA) is 9.23 Å². The number of hydrogen-bond acceptors (Lipinski definition) is 1. The first-order chi connectivity index (χ1) is 9.49. The minimum atomic E-state index is 0.722. The molecule has 0 fully saturated rings. The fourth-order valence-corrected chi connectivity index (χ4v) is 2.16. The van der Waals surface area contributed by atoms with E-state index in [4.69, 9.17) is 11.3 Å². The maximum absolute atomic E-state index is 5.79. The van der Waals surface area contributed by atoms with Crippen LogP contribution in [-0.2, 0) is 0 Å². The molecular formula is C19H28O. The predicted molar refractivity (Wildman–Crippen MR) is 86.6 cm³/mol. The molecule has 1 rings (SSSR count). The average Bonchev–Trinajstić information content (AvgIpc) is 2.38. The number of allylic oxidation sites excluding steroid dienone is 1. The maximum Gasteiger partial charge on any atom is 0.127 e. The number of ether oxygens (including phenoxy) is 1. The van der Waals surface area contributed by atoms with Gasteiger partial charge in [0, 0.05) is 6.07 Å². The lowest BCUT2D eigenvalue weighted by atomic mass is 9.98. The minimum Gasteiger partial charge on any atom is -0.493 e. The lowest BCUT2D eigenvalue weighted by Gasteiger charge is -2.13. The van der Waals surface area contributed by atoms with Crippen LogP contribution in [0, 0.1) is 24.5 Å². The van der Waals surface area contributed by atoms with Crippen LogP contribution in [0.3, 0.4) is 0 Å². The highest BCUT2D eigenvalue weighted by Crippen LogP contribution is 2.19. The molecule has 0 heterocycles. The molecule has 1 nitrogen and oxygen atoms in total. The van der Waals surface area contributed by atoms with Crippen molar-refractivity contribution in [3.8, 4) is 5.75 Å². The summed E-state index contributed by atoms with van der Waals surface area (Å²) in [7, 11) is 0. The molecule has 110 valence electrons. The van der Waals surface area contributed by atoms with E-state index in [1.165, 1.54) is 19.3 Å². The Balaban J connectivity index is 2.26. The molecule has 0 amide bonds. The van der Waals surface area contributed by atoms with Crippen molar-refractivity contribution in [2.75, 3.05) is 6.61 Å². The van der Waals surface area contributed by atoms with Crippen LogP contribution in [0.25, 0.3) is 5.57 Å². The number of rotatable bonds is 9. The molecule has 0 spiro atoms. The monoisotopic (exact) mass is 272 g/mol. The van der Waals surface area contributed by atoms with Crippen molar-refractivity contribution in [3.63, 3.8) is 0 Å². The van der Waals surface area contributed by atoms with Gasteiger partial charge in [0.2, 0.25) is 0 Å². The fraction of sp³-hybridized carbons (Fsp3) is 0.579. The molecule has 0 aliphatic rings. The van der Waals surface area contributed by atoms with Crippen molar-refractivity contribution in [3.05, 3.63) is 36.4 Å². The Morgan fingerprint density at radius 3 is 2.65 bits per heavy atom. The summed E-state index contributed by atoms with van der Waals surface area (Å²) in [5.41, 5.74) is 1.83. The quantitative estimate of drug-likeness (QED) is 0.572. The molecular weight excluding hydrogens is 244 g/mol. The normalized spacial score (nSPS) is 12.4. The second-order valence-corrected chi connectivity index (χ2v) is 6.19. The summed E-state index contributed by atoms with van der Waals surface area (Å²) in [6.45, 7) is 15.3. The van der Waals surface area contributed by atoms with E-state index >= 15 is 0 Å². The maximum atomic E-state index is 5.79. The summed E-state index contributed by atoms with van der Waals surface area (Å²) in [5.74, 6) is 2.33. The van der Waals surface area contributed by atoms with E-state index in [9.17, 15) is 0 Å². The van der Waals surface area contributed by atoms with Gasteiger partial charge < -0.3 is 4.74 Å². The van der Waals surface area contributed by atoms with Gasteiger partial charge in [-0.2, -0.15) is 0 Å². The van der Waals surface area contributed by atoms with Crippen LogP contribution in [0.5, 0.6) is 5.75 Å². The van der Waals surface area contributed by atoms with Crippen LogP contribution < -0.4 is 4.74 Å². The Hall–Kier alpha value is -1.24. The summed E-state index contributed by atoms with van der Waals surface area (Å²) in [6.07, 6.45) is 5.04. The fourth-order valence-electron chi connectivity index (χ4n) is 2.16. The third kappa shape index (κ3) is 6.79. The Morgan fingerprint density at radius 2 is 2.00 bits per heavy atom. The predicted octanol–water partition coefficient (Wildman–Crippen LogP) is 5.55. The molecule has 0 aromatic heterocycles. The Kier molecular flexibility index (Phi) is 7.43. The molecule has 1 atom stereocenters. The highest BCUT2D eigenvalue weighted by molar-refractivity contribution is 5.61.